The summed E-state index contributed by atoms with van der Waals surface area (Å²) < 4.78 is 5.62. The molecule has 2 saturated carbocycles. The summed E-state index contributed by atoms with van der Waals surface area (Å²) in [6, 6.07) is 2.57. The third kappa shape index (κ3) is 1.55. The predicted octanol–water partition coefficient (Wildman–Crippen LogP) is 2.18. The molecule has 4 nitrogen and oxygen atoms in total. The van der Waals surface area contributed by atoms with Crippen molar-refractivity contribution in [2.75, 3.05) is 19.1 Å². The Balaban J connectivity index is 1.80. The van der Waals surface area contributed by atoms with Gasteiger partial charge in [0.1, 0.15) is 11.6 Å². The molecule has 4 heteroatoms. The first-order chi connectivity index (χ1) is 8.67. The second-order valence-electron chi connectivity index (χ2n) is 5.64. The fourth-order valence-electron chi connectivity index (χ4n) is 3.64. The minimum absolute atomic E-state index is 0.391. The standard InChI is InChI=1S/C14H21N3O/c1-10-15-8-5-13(16-10)17(2)11-9-12(18-3)14(11)6-4-7-14/h5,8,11-12H,4,6-7,9H2,1-3H3/t11-,12+/m1/s1. The molecule has 2 atom stereocenters. The molecule has 1 spiro atoms. The van der Waals surface area contributed by atoms with E-state index in [1.165, 1.54) is 19.3 Å². The van der Waals surface area contributed by atoms with Gasteiger partial charge in [-0.1, -0.05) is 6.42 Å². The summed E-state index contributed by atoms with van der Waals surface area (Å²) in [4.78, 5) is 11.0. The molecule has 0 amide bonds. The van der Waals surface area contributed by atoms with Crippen molar-refractivity contribution in [1.29, 1.82) is 0 Å². The first kappa shape index (κ1) is 11.9. The van der Waals surface area contributed by atoms with Gasteiger partial charge in [0, 0.05) is 31.8 Å². The van der Waals surface area contributed by atoms with E-state index in [1.54, 1.807) is 0 Å². The van der Waals surface area contributed by atoms with Gasteiger partial charge in [0.2, 0.25) is 0 Å². The number of anilines is 1. The maximum absolute atomic E-state index is 5.62. The molecule has 2 aliphatic carbocycles. The van der Waals surface area contributed by atoms with Gasteiger partial charge in [-0.05, 0) is 32.3 Å². The van der Waals surface area contributed by atoms with Crippen LogP contribution in [0.5, 0.6) is 0 Å². The molecule has 0 bridgehead atoms. The highest BCUT2D eigenvalue weighted by atomic mass is 16.5. The molecule has 0 unspecified atom stereocenters. The highest BCUT2D eigenvalue weighted by molar-refractivity contribution is 5.41. The van der Waals surface area contributed by atoms with Crippen LogP contribution in [0.25, 0.3) is 0 Å². The smallest absolute Gasteiger partial charge is 0.132 e. The molecule has 0 saturated heterocycles. The van der Waals surface area contributed by atoms with Crippen LogP contribution in [0.4, 0.5) is 5.82 Å². The van der Waals surface area contributed by atoms with Crippen molar-refractivity contribution in [1.82, 2.24) is 9.97 Å². The number of aromatic nitrogens is 2. The van der Waals surface area contributed by atoms with Crippen LogP contribution in [0.15, 0.2) is 12.3 Å². The zero-order chi connectivity index (χ0) is 12.8. The lowest BCUT2D eigenvalue weighted by molar-refractivity contribution is -0.152. The van der Waals surface area contributed by atoms with E-state index in [-0.39, 0.29) is 0 Å². The lowest BCUT2D eigenvalue weighted by atomic mass is 9.50. The fourth-order valence-corrected chi connectivity index (χ4v) is 3.64. The highest BCUT2D eigenvalue weighted by Gasteiger charge is 2.60. The lowest BCUT2D eigenvalue weighted by Crippen LogP contribution is -2.67. The average Bonchev–Trinajstić information content (AvgIpc) is 2.26. The normalized spacial score (nSPS) is 28.6. The summed E-state index contributed by atoms with van der Waals surface area (Å²) in [5, 5.41) is 0. The zero-order valence-electron chi connectivity index (χ0n) is 11.4. The molecule has 1 heterocycles. The second-order valence-corrected chi connectivity index (χ2v) is 5.64. The molecule has 0 aromatic carbocycles. The van der Waals surface area contributed by atoms with Crippen molar-refractivity contribution in [3.05, 3.63) is 18.1 Å². The highest BCUT2D eigenvalue weighted by Crippen LogP contribution is 2.59. The quantitative estimate of drug-likeness (QED) is 0.820. The van der Waals surface area contributed by atoms with Crippen LogP contribution in [0.3, 0.4) is 0 Å². The van der Waals surface area contributed by atoms with Gasteiger partial charge in [-0.25, -0.2) is 9.97 Å². The maximum atomic E-state index is 5.62. The van der Waals surface area contributed by atoms with E-state index in [4.69, 9.17) is 4.74 Å². The van der Waals surface area contributed by atoms with Crippen LogP contribution in [-0.4, -0.2) is 36.3 Å². The molecule has 3 rings (SSSR count). The van der Waals surface area contributed by atoms with E-state index < -0.39 is 0 Å². The third-order valence-corrected chi connectivity index (χ3v) is 4.90. The maximum Gasteiger partial charge on any atom is 0.132 e. The van der Waals surface area contributed by atoms with Gasteiger partial charge in [-0.3, -0.25) is 0 Å². The van der Waals surface area contributed by atoms with E-state index in [1.807, 2.05) is 26.3 Å². The number of aryl methyl sites for hydroxylation is 1. The van der Waals surface area contributed by atoms with Gasteiger partial charge in [-0.15, -0.1) is 0 Å². The van der Waals surface area contributed by atoms with Gasteiger partial charge in [-0.2, -0.15) is 0 Å². The Morgan fingerprint density at radius 3 is 2.78 bits per heavy atom. The molecule has 18 heavy (non-hydrogen) atoms. The van der Waals surface area contributed by atoms with Gasteiger partial charge in [0.15, 0.2) is 0 Å². The molecule has 98 valence electrons. The van der Waals surface area contributed by atoms with Gasteiger partial charge < -0.3 is 9.64 Å². The van der Waals surface area contributed by atoms with Crippen molar-refractivity contribution in [2.24, 2.45) is 5.41 Å². The summed E-state index contributed by atoms with van der Waals surface area (Å²) in [6.07, 6.45) is 7.34. The number of ether oxygens (including phenoxy) is 1. The van der Waals surface area contributed by atoms with E-state index in [0.717, 1.165) is 18.1 Å². The molecule has 1 aromatic heterocycles. The second kappa shape index (κ2) is 4.19. The van der Waals surface area contributed by atoms with Crippen molar-refractivity contribution >= 4 is 5.82 Å². The summed E-state index contributed by atoms with van der Waals surface area (Å²) in [5.74, 6) is 1.87. The topological polar surface area (TPSA) is 38.2 Å². The molecular formula is C14H21N3O. The monoisotopic (exact) mass is 247 g/mol. The van der Waals surface area contributed by atoms with Gasteiger partial charge >= 0.3 is 0 Å². The SMILES string of the molecule is CO[C@H]1C[C@@H](N(C)c2ccnc(C)n2)C12CCC2. The van der Waals surface area contributed by atoms with Crippen LogP contribution in [0, 0.1) is 12.3 Å². The molecule has 0 aliphatic heterocycles. The van der Waals surface area contributed by atoms with E-state index in [0.29, 0.717) is 17.6 Å². The molecular weight excluding hydrogens is 226 g/mol. The minimum Gasteiger partial charge on any atom is -0.381 e. The van der Waals surface area contributed by atoms with Crippen LogP contribution in [0.2, 0.25) is 0 Å². The van der Waals surface area contributed by atoms with Gasteiger partial charge in [0.05, 0.1) is 6.10 Å². The number of methoxy groups -OCH3 is 1. The van der Waals surface area contributed by atoms with E-state index >= 15 is 0 Å². The number of hydrogen-bond donors (Lipinski definition) is 0. The third-order valence-electron chi connectivity index (χ3n) is 4.90. The summed E-state index contributed by atoms with van der Waals surface area (Å²) >= 11 is 0. The number of rotatable bonds is 3. The fraction of sp³-hybridized carbons (Fsp3) is 0.714. The molecule has 0 radical (unpaired) electrons. The summed E-state index contributed by atoms with van der Waals surface area (Å²) in [7, 11) is 3.99. The van der Waals surface area contributed by atoms with E-state index in [9.17, 15) is 0 Å². The lowest BCUT2D eigenvalue weighted by Gasteiger charge is -2.63. The summed E-state index contributed by atoms with van der Waals surface area (Å²) in [6.45, 7) is 1.94. The Labute approximate surface area is 108 Å². The Morgan fingerprint density at radius 2 is 2.22 bits per heavy atom. The number of nitrogens with zero attached hydrogens (tertiary/aromatic N) is 3. The van der Waals surface area contributed by atoms with Crippen molar-refractivity contribution in [3.8, 4) is 0 Å². The van der Waals surface area contributed by atoms with Crippen LogP contribution in [-0.2, 0) is 4.74 Å². The first-order valence-electron chi connectivity index (χ1n) is 6.72. The van der Waals surface area contributed by atoms with Crippen molar-refractivity contribution in [2.45, 2.75) is 44.8 Å². The minimum atomic E-state index is 0.391. The number of hydrogen-bond acceptors (Lipinski definition) is 4. The average molecular weight is 247 g/mol. The molecule has 2 fully saturated rings. The predicted molar refractivity (Wildman–Crippen MR) is 70.7 cm³/mol. The Kier molecular flexibility index (Phi) is 2.77. The molecule has 0 N–H and O–H groups in total. The Bertz CT molecular complexity index is 444. The summed E-state index contributed by atoms with van der Waals surface area (Å²) in [5.41, 5.74) is 0.391. The largest absolute Gasteiger partial charge is 0.381 e. The van der Waals surface area contributed by atoms with E-state index in [2.05, 4.69) is 21.9 Å². The van der Waals surface area contributed by atoms with Crippen LogP contribution in [0.1, 0.15) is 31.5 Å². The first-order valence-corrected chi connectivity index (χ1v) is 6.72. The van der Waals surface area contributed by atoms with Gasteiger partial charge in [0.25, 0.3) is 0 Å². The Morgan fingerprint density at radius 1 is 1.44 bits per heavy atom. The Hall–Kier alpha value is -1.16. The molecule has 2 aliphatic rings. The van der Waals surface area contributed by atoms with Crippen molar-refractivity contribution < 1.29 is 4.74 Å². The zero-order valence-corrected chi connectivity index (χ0v) is 11.4. The van der Waals surface area contributed by atoms with Crippen molar-refractivity contribution in [3.63, 3.8) is 0 Å². The van der Waals surface area contributed by atoms with Crippen LogP contribution >= 0.6 is 0 Å². The van der Waals surface area contributed by atoms with Crippen LogP contribution < -0.4 is 4.90 Å². The molecule has 1 aromatic rings.